The van der Waals surface area contributed by atoms with Crippen LogP contribution in [0.4, 0.5) is 11.4 Å². The van der Waals surface area contributed by atoms with Gasteiger partial charge in [-0.15, -0.1) is 0 Å². The van der Waals surface area contributed by atoms with Crippen LogP contribution in [-0.2, 0) is 0 Å². The molecule has 1 N–H and O–H groups in total. The molecule has 14 nitrogen and oxygen atoms in total. The molecule has 2 aromatic carbocycles. The van der Waals surface area contributed by atoms with Gasteiger partial charge in [0, 0.05) is 111 Å². The number of aromatic nitrogens is 6. The van der Waals surface area contributed by atoms with Crippen LogP contribution in [-0.4, -0.2) is 92.3 Å². The van der Waals surface area contributed by atoms with E-state index >= 15 is 0 Å². The largest absolute Gasteiger partial charge is 0.422 e. The first-order valence-electron chi connectivity index (χ1n) is 18.7. The van der Waals surface area contributed by atoms with Crippen molar-refractivity contribution in [2.45, 2.75) is 25.8 Å². The van der Waals surface area contributed by atoms with E-state index in [4.69, 9.17) is 8.83 Å². The van der Waals surface area contributed by atoms with Crippen molar-refractivity contribution in [3.8, 4) is 22.5 Å². The zero-order valence-corrected chi connectivity index (χ0v) is 31.0. The summed E-state index contributed by atoms with van der Waals surface area (Å²) < 4.78 is 14.8. The van der Waals surface area contributed by atoms with E-state index in [0.29, 0.717) is 45.5 Å². The molecule has 4 fully saturated rings. The number of benzene rings is 2. The Balaban J connectivity index is 0.000000136. The van der Waals surface area contributed by atoms with Crippen molar-refractivity contribution < 1.29 is 8.83 Å². The number of rotatable bonds is 4. The molecule has 0 unspecified atom stereocenters. The Kier molecular flexibility index (Phi) is 8.41. The fraction of sp³-hybridized carbons (Fsp3) is 0.300. The molecule has 0 atom stereocenters. The molecule has 4 aliphatic rings. The number of piperidine rings is 1. The second-order valence-electron chi connectivity index (χ2n) is 14.3. The summed E-state index contributed by atoms with van der Waals surface area (Å²) in [6, 6.07) is 18.3. The van der Waals surface area contributed by atoms with Gasteiger partial charge in [-0.1, -0.05) is 11.3 Å². The SMILES string of the molecule is Cc1nn2cc(-c3cc4ccc(N5CCNCC5)cc4oc3=O)nc2s1.O=c1oc2cc(N3CCN4CCC3CC4)ccc2cc1-c1cn2cccnc2n1. The Labute approximate surface area is 318 Å². The Morgan fingerprint density at radius 3 is 2.18 bits per heavy atom. The third-order valence-corrected chi connectivity index (χ3v) is 11.7. The highest BCUT2D eigenvalue weighted by atomic mass is 32.1. The smallest absolute Gasteiger partial charge is 0.345 e. The Morgan fingerprint density at radius 1 is 0.782 bits per heavy atom. The highest BCUT2D eigenvalue weighted by molar-refractivity contribution is 7.16. The number of imidazole rings is 2. The van der Waals surface area contributed by atoms with Crippen LogP contribution >= 0.6 is 11.3 Å². The van der Waals surface area contributed by atoms with Crippen molar-refractivity contribution >= 4 is 55.4 Å². The van der Waals surface area contributed by atoms with Gasteiger partial charge in [0.1, 0.15) is 16.2 Å². The first kappa shape index (κ1) is 33.7. The Bertz CT molecular complexity index is 2760. The summed E-state index contributed by atoms with van der Waals surface area (Å²) in [5.74, 6) is 0.559. The Morgan fingerprint density at radius 2 is 1.47 bits per heavy atom. The molecular formula is C40H38N10O4S. The van der Waals surface area contributed by atoms with Crippen molar-refractivity contribution in [2.24, 2.45) is 0 Å². The predicted molar refractivity (Wildman–Crippen MR) is 213 cm³/mol. The van der Waals surface area contributed by atoms with E-state index in [1.807, 2.05) is 55.6 Å². The third-order valence-electron chi connectivity index (χ3n) is 10.8. The van der Waals surface area contributed by atoms with Gasteiger partial charge in [-0.2, -0.15) is 5.10 Å². The van der Waals surface area contributed by atoms with Crippen molar-refractivity contribution in [1.82, 2.24) is 39.2 Å². The third kappa shape index (κ3) is 6.43. The minimum atomic E-state index is -0.377. The number of hydrogen-bond donors (Lipinski definition) is 1. The predicted octanol–water partition coefficient (Wildman–Crippen LogP) is 5.07. The van der Waals surface area contributed by atoms with Gasteiger partial charge in [0.25, 0.3) is 0 Å². The molecule has 0 amide bonds. The van der Waals surface area contributed by atoms with Crippen LogP contribution in [0.3, 0.4) is 0 Å². The molecule has 0 aliphatic carbocycles. The number of fused-ring (bicyclic) bond motifs is 8. The summed E-state index contributed by atoms with van der Waals surface area (Å²) in [6.45, 7) is 10.2. The topological polar surface area (TPSA) is 143 Å². The Hall–Kier alpha value is -5.90. The van der Waals surface area contributed by atoms with Crippen LogP contribution in [0.25, 0.3) is 55.2 Å². The zero-order chi connectivity index (χ0) is 37.0. The van der Waals surface area contributed by atoms with Crippen LogP contribution in [0.2, 0.25) is 0 Å². The highest BCUT2D eigenvalue weighted by Gasteiger charge is 2.29. The number of hydrogen-bond acceptors (Lipinski definition) is 13. The fourth-order valence-electron chi connectivity index (χ4n) is 7.97. The maximum absolute atomic E-state index is 12.7. The van der Waals surface area contributed by atoms with Crippen LogP contribution in [0.5, 0.6) is 0 Å². The van der Waals surface area contributed by atoms with Gasteiger partial charge in [-0.3, -0.25) is 4.40 Å². The highest BCUT2D eigenvalue weighted by Crippen LogP contribution is 2.31. The van der Waals surface area contributed by atoms with Crippen LogP contribution in [0.15, 0.2) is 97.8 Å². The lowest BCUT2D eigenvalue weighted by Gasteiger charge is -2.33. The minimum Gasteiger partial charge on any atom is -0.422 e. The van der Waals surface area contributed by atoms with Gasteiger partial charge < -0.3 is 28.9 Å². The molecule has 0 saturated carbocycles. The van der Waals surface area contributed by atoms with Gasteiger partial charge in [0.2, 0.25) is 10.7 Å². The molecule has 6 aromatic heterocycles. The molecule has 8 aromatic rings. The quantitative estimate of drug-likeness (QED) is 0.240. The van der Waals surface area contributed by atoms with E-state index in [-0.39, 0.29) is 11.3 Å². The van der Waals surface area contributed by atoms with Gasteiger partial charge >= 0.3 is 11.3 Å². The minimum absolute atomic E-state index is 0.374. The summed E-state index contributed by atoms with van der Waals surface area (Å²) in [5, 5.41) is 10.4. The van der Waals surface area contributed by atoms with E-state index in [1.165, 1.54) is 37.3 Å². The molecule has 12 rings (SSSR count). The summed E-state index contributed by atoms with van der Waals surface area (Å²) in [5.41, 5.74) is 4.77. The number of nitrogens with one attached hydrogen (secondary N) is 1. The van der Waals surface area contributed by atoms with Crippen molar-refractivity contribution in [2.75, 3.05) is 62.2 Å². The zero-order valence-electron chi connectivity index (χ0n) is 30.2. The van der Waals surface area contributed by atoms with Gasteiger partial charge in [0.15, 0.2) is 0 Å². The second kappa shape index (κ2) is 13.7. The lowest BCUT2D eigenvalue weighted by Crippen LogP contribution is -2.43. The van der Waals surface area contributed by atoms with E-state index in [0.717, 1.165) is 71.4 Å². The first-order chi connectivity index (χ1) is 26.9. The fourth-order valence-corrected chi connectivity index (χ4v) is 8.69. The van der Waals surface area contributed by atoms with E-state index < -0.39 is 0 Å². The summed E-state index contributed by atoms with van der Waals surface area (Å²) in [7, 11) is 0. The summed E-state index contributed by atoms with van der Waals surface area (Å²) in [4.78, 5) is 46.5. The maximum atomic E-state index is 12.7. The monoisotopic (exact) mass is 754 g/mol. The molecule has 2 bridgehead atoms. The lowest BCUT2D eigenvalue weighted by atomic mass is 10.0. The van der Waals surface area contributed by atoms with E-state index in [1.54, 1.807) is 27.5 Å². The summed E-state index contributed by atoms with van der Waals surface area (Å²) >= 11 is 1.49. The number of anilines is 2. The van der Waals surface area contributed by atoms with Crippen LogP contribution < -0.4 is 26.4 Å². The molecule has 278 valence electrons. The molecule has 4 saturated heterocycles. The molecule has 0 spiro atoms. The molecule has 15 heteroatoms. The van der Waals surface area contributed by atoms with Crippen molar-refractivity contribution in [1.29, 1.82) is 0 Å². The van der Waals surface area contributed by atoms with Crippen molar-refractivity contribution in [3.05, 3.63) is 105 Å². The molecule has 4 aliphatic heterocycles. The lowest BCUT2D eigenvalue weighted by molar-refractivity contribution is 0.250. The number of piperazine rings is 1. The molecule has 0 radical (unpaired) electrons. The van der Waals surface area contributed by atoms with Crippen molar-refractivity contribution in [3.63, 3.8) is 0 Å². The molecular weight excluding hydrogens is 717 g/mol. The second-order valence-corrected chi connectivity index (χ2v) is 15.4. The number of aryl methyl sites for hydroxylation is 1. The van der Waals surface area contributed by atoms with Gasteiger partial charge in [0.05, 0.1) is 28.7 Å². The number of nitrogens with zero attached hydrogens (tertiary/aromatic N) is 9. The molecule has 10 heterocycles. The average molecular weight is 755 g/mol. The van der Waals surface area contributed by atoms with E-state index in [2.05, 4.69) is 52.2 Å². The van der Waals surface area contributed by atoms with Crippen LogP contribution in [0.1, 0.15) is 17.8 Å². The molecule has 55 heavy (non-hydrogen) atoms. The summed E-state index contributed by atoms with van der Waals surface area (Å²) in [6.07, 6.45) is 9.51. The average Bonchev–Trinajstić information content (AvgIpc) is 3.82. The van der Waals surface area contributed by atoms with E-state index in [9.17, 15) is 9.59 Å². The maximum Gasteiger partial charge on any atom is 0.345 e. The van der Waals surface area contributed by atoms with Crippen LogP contribution in [0, 0.1) is 6.92 Å². The standard InChI is InChI=1S/C22H21N5O2.C18H17N5O2S/c28-21-18(19-14-26-7-1-6-23-22(26)24-19)12-15-2-3-17(13-20(15)29-21)27-11-10-25-8-4-16(27)5-9-25;1-11-21-23-10-15(20-18(23)26-11)14-8-12-2-3-13(9-16(12)25-17(14)24)22-6-4-19-5-7-22/h1-3,6-7,12-14,16H,4-5,8-11H2;2-3,8-10,19H,4-7H2,1H3. The van der Waals surface area contributed by atoms with Gasteiger partial charge in [-0.25, -0.2) is 29.1 Å². The first-order valence-corrected chi connectivity index (χ1v) is 19.5. The van der Waals surface area contributed by atoms with Gasteiger partial charge in [-0.05, 0) is 62.2 Å². The normalized spacial score (nSPS) is 18.6.